The molecule has 1 amide bonds. The molecule has 0 spiro atoms. The van der Waals surface area contributed by atoms with Gasteiger partial charge >= 0.3 is 0 Å². The van der Waals surface area contributed by atoms with E-state index in [-0.39, 0.29) is 11.9 Å². The van der Waals surface area contributed by atoms with E-state index in [1.807, 2.05) is 35.9 Å². The average molecular weight is 489 g/mol. The minimum absolute atomic E-state index is 0.207. The largest absolute Gasteiger partial charge is 0.495 e. The number of carbonyl (C=O) groups excluding carboxylic acids is 1. The molecule has 0 saturated carbocycles. The van der Waals surface area contributed by atoms with Crippen LogP contribution in [-0.2, 0) is 6.54 Å². The molecule has 2 aromatic carbocycles. The van der Waals surface area contributed by atoms with Crippen LogP contribution in [0.2, 0.25) is 10.0 Å². The molecule has 2 N–H and O–H groups in total. The summed E-state index contributed by atoms with van der Waals surface area (Å²) in [6.07, 6.45) is 3.52. The minimum Gasteiger partial charge on any atom is -0.495 e. The lowest BCUT2D eigenvalue weighted by molar-refractivity contribution is 0.0459. The molecule has 4 rings (SSSR count). The fourth-order valence-electron chi connectivity index (χ4n) is 4.16. The number of β-amino-alcohol motifs (C(OH)–C–C–N with tert-alkyl or cyclic N) is 1. The molecule has 0 radical (unpaired) electrons. The maximum atomic E-state index is 13.0. The van der Waals surface area contributed by atoms with Crippen molar-refractivity contribution < 1.29 is 14.6 Å². The highest BCUT2D eigenvalue weighted by Gasteiger charge is 2.28. The van der Waals surface area contributed by atoms with Crippen molar-refractivity contribution in [1.29, 1.82) is 0 Å². The molecule has 1 aliphatic heterocycles. The molecule has 33 heavy (non-hydrogen) atoms. The Morgan fingerprint density at radius 1 is 1.27 bits per heavy atom. The zero-order chi connectivity index (χ0) is 23.5. The van der Waals surface area contributed by atoms with Crippen molar-refractivity contribution in [1.82, 2.24) is 19.8 Å². The van der Waals surface area contributed by atoms with Gasteiger partial charge in [0.1, 0.15) is 5.75 Å². The highest BCUT2D eigenvalue weighted by molar-refractivity contribution is 6.42. The molecule has 1 aliphatic rings. The van der Waals surface area contributed by atoms with E-state index in [4.69, 9.17) is 27.9 Å². The number of amides is 1. The number of benzene rings is 2. The number of halogens is 2. The number of carbonyl (C=O) groups is 1. The lowest BCUT2D eigenvalue weighted by atomic mass is 10.0. The van der Waals surface area contributed by atoms with Crippen molar-refractivity contribution in [2.45, 2.75) is 32.0 Å². The normalized spacial score (nSPS) is 18.8. The summed E-state index contributed by atoms with van der Waals surface area (Å²) < 4.78 is 7.36. The molecule has 2 unspecified atom stereocenters. The summed E-state index contributed by atoms with van der Waals surface area (Å²) in [5.74, 6) is 0.349. The van der Waals surface area contributed by atoms with E-state index in [9.17, 15) is 9.90 Å². The van der Waals surface area contributed by atoms with Crippen LogP contribution < -0.4 is 10.1 Å². The number of likely N-dealkylation sites (tertiary alicyclic amines) is 1. The second kappa shape index (κ2) is 10.1. The predicted octanol–water partition coefficient (Wildman–Crippen LogP) is 3.86. The average Bonchev–Trinajstić information content (AvgIpc) is 3.22. The molecule has 174 valence electrons. The summed E-state index contributed by atoms with van der Waals surface area (Å²) in [6, 6.07) is 10.6. The molecule has 7 nitrogen and oxygen atoms in total. The number of ether oxygens (including phenoxy) is 1. The number of imidazole rings is 1. The molecule has 9 heteroatoms. The highest BCUT2D eigenvalue weighted by atomic mass is 35.5. The van der Waals surface area contributed by atoms with Crippen LogP contribution in [-0.4, -0.2) is 57.8 Å². The molecule has 1 saturated heterocycles. The van der Waals surface area contributed by atoms with Gasteiger partial charge in [0.05, 0.1) is 41.0 Å². The molecule has 3 aromatic rings. The van der Waals surface area contributed by atoms with Crippen LogP contribution >= 0.6 is 23.2 Å². The fraction of sp³-hybridized carbons (Fsp3) is 0.333. The standard InChI is InChI=1S/C24H26Cl2N4O3/c1-15-10-30(14-27-15)21-7-6-16(8-22(21)33-2)24(32)28-18-9-19(31)13-29(12-18)11-17-4-3-5-20(25)23(17)26/h3-8,10,14,18-19,31H,9,11-13H2,1-2H3,(H,28,32). The second-order valence-electron chi connectivity index (χ2n) is 8.28. The van der Waals surface area contributed by atoms with Gasteiger partial charge in [0, 0.05) is 37.4 Å². The Kier molecular flexibility index (Phi) is 7.24. The first kappa shape index (κ1) is 23.6. The van der Waals surface area contributed by atoms with Crippen molar-refractivity contribution in [2.24, 2.45) is 0 Å². The third-order valence-corrected chi connectivity index (χ3v) is 6.55. The van der Waals surface area contributed by atoms with Crippen molar-refractivity contribution in [2.75, 3.05) is 20.2 Å². The van der Waals surface area contributed by atoms with Crippen molar-refractivity contribution in [3.8, 4) is 11.4 Å². The van der Waals surface area contributed by atoms with Gasteiger partial charge in [-0.05, 0) is 43.2 Å². The number of aliphatic hydroxyl groups is 1. The molecule has 1 aromatic heterocycles. The van der Waals surface area contributed by atoms with Crippen LogP contribution in [0.5, 0.6) is 5.75 Å². The van der Waals surface area contributed by atoms with E-state index in [1.165, 1.54) is 0 Å². The third kappa shape index (κ3) is 5.50. The summed E-state index contributed by atoms with van der Waals surface area (Å²) in [4.78, 5) is 19.3. The Morgan fingerprint density at radius 2 is 2.09 bits per heavy atom. The zero-order valence-electron chi connectivity index (χ0n) is 18.5. The first-order valence-corrected chi connectivity index (χ1v) is 11.4. The number of hydrogen-bond acceptors (Lipinski definition) is 5. The van der Waals surface area contributed by atoms with E-state index in [1.54, 1.807) is 31.6 Å². The molecule has 1 fully saturated rings. The molecule has 0 aliphatic carbocycles. The summed E-state index contributed by atoms with van der Waals surface area (Å²) in [7, 11) is 1.57. The number of aromatic nitrogens is 2. The van der Waals surface area contributed by atoms with Crippen molar-refractivity contribution in [3.63, 3.8) is 0 Å². The molecule has 2 atom stereocenters. The van der Waals surface area contributed by atoms with Crippen molar-refractivity contribution >= 4 is 29.1 Å². The topological polar surface area (TPSA) is 79.6 Å². The van der Waals surface area contributed by atoms with Gasteiger partial charge in [0.15, 0.2) is 0 Å². The monoisotopic (exact) mass is 488 g/mol. The fourth-order valence-corrected chi connectivity index (χ4v) is 4.54. The second-order valence-corrected chi connectivity index (χ2v) is 9.06. The maximum Gasteiger partial charge on any atom is 0.251 e. The highest BCUT2D eigenvalue weighted by Crippen LogP contribution is 2.28. The minimum atomic E-state index is -0.552. The van der Waals surface area contributed by atoms with Crippen LogP contribution in [0.3, 0.4) is 0 Å². The van der Waals surface area contributed by atoms with Crippen molar-refractivity contribution in [3.05, 3.63) is 75.8 Å². The number of rotatable bonds is 6. The van der Waals surface area contributed by atoms with Gasteiger partial charge in [0.2, 0.25) is 0 Å². The molecule has 0 bridgehead atoms. The van der Waals surface area contributed by atoms with E-state index in [0.717, 1.165) is 16.9 Å². The SMILES string of the molecule is COc1cc(C(=O)NC2CC(O)CN(Cc3cccc(Cl)c3Cl)C2)ccc1-n1cnc(C)c1. The first-order chi connectivity index (χ1) is 15.8. The number of piperidine rings is 1. The van der Waals surface area contributed by atoms with Crippen LogP contribution in [0, 0.1) is 6.92 Å². The van der Waals surface area contributed by atoms with Gasteiger partial charge in [-0.25, -0.2) is 4.98 Å². The van der Waals surface area contributed by atoms with Gasteiger partial charge in [0.25, 0.3) is 5.91 Å². The number of aryl methyl sites for hydroxylation is 1. The third-order valence-electron chi connectivity index (χ3n) is 5.70. The number of methoxy groups -OCH3 is 1. The number of nitrogens with zero attached hydrogens (tertiary/aromatic N) is 3. The smallest absolute Gasteiger partial charge is 0.251 e. The Balaban J connectivity index is 1.45. The number of nitrogens with one attached hydrogen (secondary N) is 1. The number of hydrogen-bond donors (Lipinski definition) is 2. The Hall–Kier alpha value is -2.58. The lowest BCUT2D eigenvalue weighted by Crippen LogP contribution is -2.52. The summed E-state index contributed by atoms with van der Waals surface area (Å²) >= 11 is 12.5. The van der Waals surface area contributed by atoms with Gasteiger partial charge in [-0.1, -0.05) is 35.3 Å². The van der Waals surface area contributed by atoms with Crippen LogP contribution in [0.25, 0.3) is 5.69 Å². The summed E-state index contributed by atoms with van der Waals surface area (Å²) in [5, 5.41) is 14.5. The molecule has 2 heterocycles. The Labute approximate surface area is 202 Å². The first-order valence-electron chi connectivity index (χ1n) is 10.7. The van der Waals surface area contributed by atoms with Crippen LogP contribution in [0.4, 0.5) is 0 Å². The molecular formula is C24H26Cl2N4O3. The lowest BCUT2D eigenvalue weighted by Gasteiger charge is -2.36. The summed E-state index contributed by atoms with van der Waals surface area (Å²) in [6.45, 7) is 3.54. The van der Waals surface area contributed by atoms with E-state index >= 15 is 0 Å². The number of aliphatic hydroxyl groups excluding tert-OH is 1. The van der Waals surface area contributed by atoms with Gasteiger partial charge in [-0.15, -0.1) is 0 Å². The molecular weight excluding hydrogens is 463 g/mol. The Morgan fingerprint density at radius 3 is 2.82 bits per heavy atom. The Bertz CT molecular complexity index is 1150. The maximum absolute atomic E-state index is 13.0. The van der Waals surface area contributed by atoms with Crippen LogP contribution in [0.15, 0.2) is 48.9 Å². The van der Waals surface area contributed by atoms with E-state index in [0.29, 0.717) is 47.4 Å². The van der Waals surface area contributed by atoms with Gasteiger partial charge in [-0.3, -0.25) is 9.69 Å². The van der Waals surface area contributed by atoms with Crippen LogP contribution in [0.1, 0.15) is 28.0 Å². The quantitative estimate of drug-likeness (QED) is 0.550. The summed E-state index contributed by atoms with van der Waals surface area (Å²) in [5.41, 5.74) is 3.06. The van der Waals surface area contributed by atoms with Gasteiger partial charge in [-0.2, -0.15) is 0 Å². The van der Waals surface area contributed by atoms with E-state index < -0.39 is 6.10 Å². The van der Waals surface area contributed by atoms with E-state index in [2.05, 4.69) is 15.2 Å². The zero-order valence-corrected chi connectivity index (χ0v) is 20.0. The van der Waals surface area contributed by atoms with Gasteiger partial charge < -0.3 is 19.7 Å². The predicted molar refractivity (Wildman–Crippen MR) is 128 cm³/mol.